The Balaban J connectivity index is 1.89. The van der Waals surface area contributed by atoms with E-state index in [1.807, 2.05) is 86.1 Å². The predicted octanol–water partition coefficient (Wildman–Crippen LogP) is 4.65. The van der Waals surface area contributed by atoms with E-state index >= 15 is 0 Å². The molecule has 0 atom stereocenters. The molecule has 3 rings (SSSR count). The van der Waals surface area contributed by atoms with Gasteiger partial charge in [-0.1, -0.05) is 70.2 Å². The Morgan fingerprint density at radius 2 is 1.60 bits per heavy atom. The van der Waals surface area contributed by atoms with Crippen LogP contribution < -0.4 is 5.32 Å². The highest BCUT2D eigenvalue weighted by molar-refractivity contribution is 5.94. The Kier molecular flexibility index (Phi) is 8.82. The molecule has 1 aromatic heterocycles. The highest BCUT2D eigenvalue weighted by Crippen LogP contribution is 2.25. The number of rotatable bonds is 10. The van der Waals surface area contributed by atoms with Crippen molar-refractivity contribution in [2.24, 2.45) is 5.92 Å². The van der Waals surface area contributed by atoms with Crippen LogP contribution in [0.5, 0.6) is 0 Å². The molecular formula is C28H37N5O2. The first kappa shape index (κ1) is 26.2. The van der Waals surface area contributed by atoms with Gasteiger partial charge in [-0.15, -0.1) is 0 Å². The summed E-state index contributed by atoms with van der Waals surface area (Å²) < 4.78 is 1.89. The van der Waals surface area contributed by atoms with Gasteiger partial charge in [-0.2, -0.15) is 0 Å². The molecule has 186 valence electrons. The van der Waals surface area contributed by atoms with Crippen LogP contribution in [0.3, 0.4) is 0 Å². The van der Waals surface area contributed by atoms with E-state index in [0.717, 1.165) is 16.9 Å². The van der Waals surface area contributed by atoms with Crippen LogP contribution in [0.4, 0.5) is 5.95 Å². The minimum atomic E-state index is -0.275. The molecule has 1 heterocycles. The molecule has 0 radical (unpaired) electrons. The number of aromatic nitrogens is 2. The minimum Gasteiger partial charge on any atom is -0.332 e. The topological polar surface area (TPSA) is 70.5 Å². The monoisotopic (exact) mass is 475 g/mol. The predicted molar refractivity (Wildman–Crippen MR) is 142 cm³/mol. The van der Waals surface area contributed by atoms with E-state index in [1.54, 1.807) is 4.90 Å². The lowest BCUT2D eigenvalue weighted by Gasteiger charge is -2.25. The number of anilines is 1. The lowest BCUT2D eigenvalue weighted by Crippen LogP contribution is -2.43. The van der Waals surface area contributed by atoms with Gasteiger partial charge in [0.2, 0.25) is 17.8 Å². The largest absolute Gasteiger partial charge is 0.332 e. The Hall–Kier alpha value is -3.45. The van der Waals surface area contributed by atoms with Crippen LogP contribution in [0, 0.1) is 5.92 Å². The number of nitrogens with one attached hydrogen (secondary N) is 1. The molecule has 1 N–H and O–H groups in total. The molecule has 0 aliphatic rings. The molecule has 0 fully saturated rings. The van der Waals surface area contributed by atoms with Gasteiger partial charge in [-0.05, 0) is 37.7 Å². The van der Waals surface area contributed by atoms with E-state index in [-0.39, 0.29) is 24.3 Å². The summed E-state index contributed by atoms with van der Waals surface area (Å²) in [7, 11) is 3.90. The van der Waals surface area contributed by atoms with Gasteiger partial charge in [-0.3, -0.25) is 19.5 Å². The standard InChI is InChI=1S/C28H37N5O2/c1-20(2)22-12-14-24(15-13-22)33-18-25(23-10-8-7-9-11-23)29-28(33)30-26(34)19-32(17-16-31(5)6)27(35)21(3)4/h7-15,18,20-21H,16-17,19H2,1-6H3,(H,29,30,34). The zero-order valence-corrected chi connectivity index (χ0v) is 21.7. The molecule has 7 nitrogen and oxygen atoms in total. The maximum Gasteiger partial charge on any atom is 0.246 e. The number of nitrogens with zero attached hydrogens (tertiary/aromatic N) is 4. The fourth-order valence-electron chi connectivity index (χ4n) is 3.72. The molecule has 0 aliphatic heterocycles. The van der Waals surface area contributed by atoms with Crippen molar-refractivity contribution in [3.63, 3.8) is 0 Å². The fourth-order valence-corrected chi connectivity index (χ4v) is 3.72. The molecular weight excluding hydrogens is 438 g/mol. The first-order valence-electron chi connectivity index (χ1n) is 12.1. The Morgan fingerprint density at radius 1 is 0.943 bits per heavy atom. The second kappa shape index (κ2) is 11.8. The third-order valence-corrected chi connectivity index (χ3v) is 5.82. The first-order valence-corrected chi connectivity index (χ1v) is 12.1. The fraction of sp³-hybridized carbons (Fsp3) is 0.393. The van der Waals surface area contributed by atoms with Gasteiger partial charge < -0.3 is 9.80 Å². The molecule has 0 saturated carbocycles. The molecule has 2 aromatic carbocycles. The lowest BCUT2D eigenvalue weighted by atomic mass is 10.0. The molecule has 3 aromatic rings. The van der Waals surface area contributed by atoms with Gasteiger partial charge in [0.05, 0.1) is 12.2 Å². The molecule has 0 unspecified atom stereocenters. The van der Waals surface area contributed by atoms with Gasteiger partial charge in [0, 0.05) is 36.5 Å². The second-order valence-electron chi connectivity index (χ2n) is 9.70. The zero-order valence-electron chi connectivity index (χ0n) is 21.7. The number of carbonyl (C=O) groups excluding carboxylic acids is 2. The van der Waals surface area contributed by atoms with Crippen LogP contribution in [0.15, 0.2) is 60.8 Å². The normalized spacial score (nSPS) is 11.3. The number of likely N-dealkylation sites (N-methyl/N-ethyl adjacent to an activating group) is 1. The average Bonchev–Trinajstić information content (AvgIpc) is 3.25. The van der Waals surface area contributed by atoms with E-state index in [9.17, 15) is 9.59 Å². The average molecular weight is 476 g/mol. The van der Waals surface area contributed by atoms with Crippen molar-refractivity contribution < 1.29 is 9.59 Å². The van der Waals surface area contributed by atoms with Gasteiger partial charge in [0.15, 0.2) is 0 Å². The summed E-state index contributed by atoms with van der Waals surface area (Å²) >= 11 is 0. The van der Waals surface area contributed by atoms with Gasteiger partial charge in [0.25, 0.3) is 0 Å². The van der Waals surface area contributed by atoms with Crippen molar-refractivity contribution in [1.29, 1.82) is 0 Å². The summed E-state index contributed by atoms with van der Waals surface area (Å²) in [6.07, 6.45) is 1.93. The van der Waals surface area contributed by atoms with E-state index in [0.29, 0.717) is 25.0 Å². The van der Waals surface area contributed by atoms with Crippen LogP contribution in [0.2, 0.25) is 0 Å². The van der Waals surface area contributed by atoms with E-state index < -0.39 is 0 Å². The number of amides is 2. The highest BCUT2D eigenvalue weighted by Gasteiger charge is 2.21. The van der Waals surface area contributed by atoms with E-state index in [4.69, 9.17) is 4.98 Å². The summed E-state index contributed by atoms with van der Waals surface area (Å²) in [6.45, 7) is 9.16. The number of hydrogen-bond acceptors (Lipinski definition) is 4. The van der Waals surface area contributed by atoms with Crippen LogP contribution >= 0.6 is 0 Å². The number of carbonyl (C=O) groups is 2. The minimum absolute atomic E-state index is 0.0231. The maximum atomic E-state index is 13.1. The summed E-state index contributed by atoms with van der Waals surface area (Å²) in [6, 6.07) is 18.1. The third kappa shape index (κ3) is 7.02. The van der Waals surface area contributed by atoms with Crippen LogP contribution in [-0.4, -0.2) is 64.9 Å². The molecule has 0 spiro atoms. The molecule has 2 amide bonds. The highest BCUT2D eigenvalue weighted by atomic mass is 16.2. The smallest absolute Gasteiger partial charge is 0.246 e. The van der Waals surface area contributed by atoms with Crippen molar-refractivity contribution in [2.75, 3.05) is 39.0 Å². The summed E-state index contributed by atoms with van der Waals surface area (Å²) in [4.78, 5) is 34.2. The first-order chi connectivity index (χ1) is 16.7. The molecule has 35 heavy (non-hydrogen) atoms. The molecule has 0 bridgehead atoms. The van der Waals surface area contributed by atoms with Crippen LogP contribution in [0.25, 0.3) is 16.9 Å². The summed E-state index contributed by atoms with van der Waals surface area (Å²) in [5.74, 6) is 0.354. The molecule has 0 aliphatic carbocycles. The van der Waals surface area contributed by atoms with Crippen molar-refractivity contribution in [2.45, 2.75) is 33.6 Å². The quantitative estimate of drug-likeness (QED) is 0.463. The van der Waals surface area contributed by atoms with E-state index in [2.05, 4.69) is 31.3 Å². The number of benzene rings is 2. The lowest BCUT2D eigenvalue weighted by molar-refractivity contribution is -0.137. The van der Waals surface area contributed by atoms with E-state index in [1.165, 1.54) is 5.56 Å². The zero-order chi connectivity index (χ0) is 25.5. The van der Waals surface area contributed by atoms with Crippen molar-refractivity contribution in [3.05, 3.63) is 66.4 Å². The van der Waals surface area contributed by atoms with Crippen LogP contribution in [0.1, 0.15) is 39.2 Å². The van der Waals surface area contributed by atoms with Gasteiger partial charge >= 0.3 is 0 Å². The number of hydrogen-bond donors (Lipinski definition) is 1. The van der Waals surface area contributed by atoms with Crippen molar-refractivity contribution in [1.82, 2.24) is 19.4 Å². The third-order valence-electron chi connectivity index (χ3n) is 5.82. The van der Waals surface area contributed by atoms with Crippen LogP contribution in [-0.2, 0) is 9.59 Å². The summed E-state index contributed by atoms with van der Waals surface area (Å²) in [5, 5.41) is 2.95. The molecule has 0 saturated heterocycles. The van der Waals surface area contributed by atoms with Crippen molar-refractivity contribution in [3.8, 4) is 16.9 Å². The second-order valence-corrected chi connectivity index (χ2v) is 9.70. The van der Waals surface area contributed by atoms with Crippen molar-refractivity contribution >= 4 is 17.8 Å². The van der Waals surface area contributed by atoms with Gasteiger partial charge in [0.1, 0.15) is 0 Å². The molecule has 7 heteroatoms. The maximum absolute atomic E-state index is 13.1. The Bertz CT molecular complexity index is 1120. The number of imidazole rings is 1. The summed E-state index contributed by atoms with van der Waals surface area (Å²) in [5.41, 5.74) is 3.87. The SMILES string of the molecule is CC(C)C(=O)N(CCN(C)C)CC(=O)Nc1nc(-c2ccccc2)cn1-c1ccc(C(C)C)cc1. The van der Waals surface area contributed by atoms with Gasteiger partial charge in [-0.25, -0.2) is 4.98 Å². The Morgan fingerprint density at radius 3 is 2.17 bits per heavy atom. The Labute approximate surface area is 208 Å².